The van der Waals surface area contributed by atoms with Crippen LogP contribution in [-0.2, 0) is 17.4 Å². The molecule has 20 heavy (non-hydrogen) atoms. The largest absolute Gasteiger partial charge is 0.416 e. The fourth-order valence-electron chi connectivity index (χ4n) is 2.28. The molecule has 1 amide bonds. The molecule has 3 nitrogen and oxygen atoms in total. The predicted molar refractivity (Wildman–Crippen MR) is 63.7 cm³/mol. The Morgan fingerprint density at radius 1 is 1.35 bits per heavy atom. The van der Waals surface area contributed by atoms with Gasteiger partial charge in [0.25, 0.3) is 0 Å². The standard InChI is InChI=1S/C13H14F4N2O/c14-12(2-5-19(9-20)6-3-12)8-11-7-10(1-4-18-11)13(15,16)17/h1,4,7,9H,2-3,5-6,8H2. The van der Waals surface area contributed by atoms with Crippen LogP contribution in [0.2, 0.25) is 0 Å². The summed E-state index contributed by atoms with van der Waals surface area (Å²) in [6, 6.07) is 1.75. The summed E-state index contributed by atoms with van der Waals surface area (Å²) in [6.07, 6.45) is -2.69. The third-order valence-electron chi connectivity index (χ3n) is 3.49. The van der Waals surface area contributed by atoms with Crippen LogP contribution in [0.25, 0.3) is 0 Å². The fraction of sp³-hybridized carbons (Fsp3) is 0.538. The van der Waals surface area contributed by atoms with E-state index < -0.39 is 17.4 Å². The van der Waals surface area contributed by atoms with E-state index in [0.717, 1.165) is 18.3 Å². The first-order valence-corrected chi connectivity index (χ1v) is 6.23. The van der Waals surface area contributed by atoms with Crippen LogP contribution in [0.3, 0.4) is 0 Å². The first-order chi connectivity index (χ1) is 9.32. The number of hydrogen-bond acceptors (Lipinski definition) is 2. The normalized spacial score (nSPS) is 18.9. The molecule has 0 saturated carbocycles. The topological polar surface area (TPSA) is 33.2 Å². The number of amides is 1. The number of aromatic nitrogens is 1. The van der Waals surface area contributed by atoms with Gasteiger partial charge in [0.05, 0.1) is 5.56 Å². The molecule has 0 aliphatic carbocycles. The Bertz CT molecular complexity index is 482. The summed E-state index contributed by atoms with van der Waals surface area (Å²) in [5.74, 6) is 0. The molecule has 0 atom stereocenters. The molecule has 7 heteroatoms. The minimum Gasteiger partial charge on any atom is -0.345 e. The average Bonchev–Trinajstić information content (AvgIpc) is 2.38. The molecule has 0 spiro atoms. The van der Waals surface area contributed by atoms with Crippen LogP contribution < -0.4 is 0 Å². The first-order valence-electron chi connectivity index (χ1n) is 6.23. The Labute approximate surface area is 113 Å². The number of halogens is 4. The van der Waals surface area contributed by atoms with Crippen molar-refractivity contribution in [2.45, 2.75) is 31.1 Å². The third-order valence-corrected chi connectivity index (χ3v) is 3.49. The van der Waals surface area contributed by atoms with E-state index in [4.69, 9.17) is 0 Å². The van der Waals surface area contributed by atoms with Gasteiger partial charge in [0.1, 0.15) is 5.67 Å². The summed E-state index contributed by atoms with van der Waals surface area (Å²) in [5, 5.41) is 0. The maximum Gasteiger partial charge on any atom is 0.416 e. The zero-order valence-corrected chi connectivity index (χ0v) is 10.7. The molecular formula is C13H14F4N2O. The van der Waals surface area contributed by atoms with Gasteiger partial charge in [0, 0.05) is 31.4 Å². The Kier molecular flexibility index (Phi) is 3.96. The molecule has 1 fully saturated rings. The molecule has 0 radical (unpaired) electrons. The summed E-state index contributed by atoms with van der Waals surface area (Å²) in [4.78, 5) is 15.8. The Hall–Kier alpha value is -1.66. The monoisotopic (exact) mass is 290 g/mol. The van der Waals surface area contributed by atoms with Crippen molar-refractivity contribution >= 4 is 6.41 Å². The van der Waals surface area contributed by atoms with Crippen LogP contribution in [0.1, 0.15) is 24.1 Å². The summed E-state index contributed by atoms with van der Waals surface area (Å²) in [7, 11) is 0. The Morgan fingerprint density at radius 2 is 2.00 bits per heavy atom. The molecule has 0 aromatic carbocycles. The number of alkyl halides is 4. The number of carbonyl (C=O) groups is 1. The smallest absolute Gasteiger partial charge is 0.345 e. The van der Waals surface area contributed by atoms with Crippen LogP contribution >= 0.6 is 0 Å². The lowest BCUT2D eigenvalue weighted by molar-refractivity contribution is -0.137. The van der Waals surface area contributed by atoms with Crippen molar-refractivity contribution in [2.75, 3.05) is 13.1 Å². The molecule has 0 bridgehead atoms. The lowest BCUT2D eigenvalue weighted by Crippen LogP contribution is -2.42. The second kappa shape index (κ2) is 5.38. The second-order valence-electron chi connectivity index (χ2n) is 5.00. The molecular weight excluding hydrogens is 276 g/mol. The highest BCUT2D eigenvalue weighted by Crippen LogP contribution is 2.32. The van der Waals surface area contributed by atoms with Crippen LogP contribution in [0.4, 0.5) is 17.6 Å². The maximum atomic E-state index is 14.5. The minimum atomic E-state index is -4.46. The molecule has 1 aromatic rings. The van der Waals surface area contributed by atoms with E-state index in [1.165, 1.54) is 4.90 Å². The molecule has 1 aliphatic rings. The van der Waals surface area contributed by atoms with Crippen molar-refractivity contribution in [2.24, 2.45) is 0 Å². The van der Waals surface area contributed by atoms with Gasteiger partial charge in [-0.1, -0.05) is 0 Å². The number of carbonyl (C=O) groups excluding carboxylic acids is 1. The van der Waals surface area contributed by atoms with Crippen LogP contribution in [0.15, 0.2) is 18.3 Å². The highest BCUT2D eigenvalue weighted by molar-refractivity contribution is 5.47. The van der Waals surface area contributed by atoms with Crippen molar-refractivity contribution in [3.05, 3.63) is 29.6 Å². The van der Waals surface area contributed by atoms with Crippen molar-refractivity contribution in [1.29, 1.82) is 0 Å². The van der Waals surface area contributed by atoms with E-state index in [1.807, 2.05) is 0 Å². The molecule has 0 N–H and O–H groups in total. The number of likely N-dealkylation sites (tertiary alicyclic amines) is 1. The number of nitrogens with zero attached hydrogens (tertiary/aromatic N) is 2. The van der Waals surface area contributed by atoms with Gasteiger partial charge in [-0.3, -0.25) is 9.78 Å². The van der Waals surface area contributed by atoms with E-state index >= 15 is 0 Å². The number of hydrogen-bond donors (Lipinski definition) is 0. The van der Waals surface area contributed by atoms with E-state index in [2.05, 4.69) is 4.98 Å². The second-order valence-corrected chi connectivity index (χ2v) is 5.00. The SMILES string of the molecule is O=CN1CCC(F)(Cc2cc(C(F)(F)F)ccn2)CC1. The predicted octanol–water partition coefficient (Wildman–Crippen LogP) is 2.60. The van der Waals surface area contributed by atoms with Gasteiger partial charge in [0.2, 0.25) is 6.41 Å². The van der Waals surface area contributed by atoms with Crippen molar-refractivity contribution in [3.8, 4) is 0 Å². The van der Waals surface area contributed by atoms with Crippen molar-refractivity contribution in [3.63, 3.8) is 0 Å². The van der Waals surface area contributed by atoms with Gasteiger partial charge in [-0.05, 0) is 25.0 Å². The van der Waals surface area contributed by atoms with Gasteiger partial charge < -0.3 is 4.90 Å². The van der Waals surface area contributed by atoms with Gasteiger partial charge in [-0.25, -0.2) is 4.39 Å². The van der Waals surface area contributed by atoms with Crippen LogP contribution in [0.5, 0.6) is 0 Å². The summed E-state index contributed by atoms with van der Waals surface area (Å²) < 4.78 is 52.2. The van der Waals surface area contributed by atoms with Crippen LogP contribution in [-0.4, -0.2) is 35.1 Å². The van der Waals surface area contributed by atoms with E-state index in [0.29, 0.717) is 6.41 Å². The molecule has 0 unspecified atom stereocenters. The quantitative estimate of drug-likeness (QED) is 0.633. The zero-order valence-electron chi connectivity index (χ0n) is 10.7. The molecule has 2 rings (SSSR count). The molecule has 110 valence electrons. The number of piperidine rings is 1. The van der Waals surface area contributed by atoms with Gasteiger partial charge in [0.15, 0.2) is 0 Å². The minimum absolute atomic E-state index is 0.0851. The summed E-state index contributed by atoms with van der Waals surface area (Å²) in [5.41, 5.74) is -2.34. The Morgan fingerprint density at radius 3 is 2.55 bits per heavy atom. The van der Waals surface area contributed by atoms with Crippen molar-refractivity contribution in [1.82, 2.24) is 9.88 Å². The molecule has 1 aliphatic heterocycles. The summed E-state index contributed by atoms with van der Waals surface area (Å²) >= 11 is 0. The Balaban J connectivity index is 2.08. The molecule has 1 saturated heterocycles. The lowest BCUT2D eigenvalue weighted by Gasteiger charge is -2.34. The maximum absolute atomic E-state index is 14.5. The lowest BCUT2D eigenvalue weighted by atomic mass is 9.88. The number of rotatable bonds is 3. The van der Waals surface area contributed by atoms with Crippen molar-refractivity contribution < 1.29 is 22.4 Å². The van der Waals surface area contributed by atoms with E-state index in [1.54, 1.807) is 0 Å². The fourth-order valence-corrected chi connectivity index (χ4v) is 2.28. The molecule has 2 heterocycles. The average molecular weight is 290 g/mol. The molecule has 1 aromatic heterocycles. The highest BCUT2D eigenvalue weighted by atomic mass is 19.4. The van der Waals surface area contributed by atoms with E-state index in [-0.39, 0.29) is 38.0 Å². The van der Waals surface area contributed by atoms with Gasteiger partial charge in [-0.15, -0.1) is 0 Å². The highest BCUT2D eigenvalue weighted by Gasteiger charge is 2.36. The zero-order chi connectivity index (χ0) is 14.8. The van der Waals surface area contributed by atoms with E-state index in [9.17, 15) is 22.4 Å². The summed E-state index contributed by atoms with van der Waals surface area (Å²) in [6.45, 7) is 0.553. The first kappa shape index (κ1) is 14.7. The van der Waals surface area contributed by atoms with Gasteiger partial charge in [-0.2, -0.15) is 13.2 Å². The van der Waals surface area contributed by atoms with Gasteiger partial charge >= 0.3 is 6.18 Å². The van der Waals surface area contributed by atoms with Crippen LogP contribution in [0, 0.1) is 0 Å². The third kappa shape index (κ3) is 3.46. The number of pyridine rings is 1.